The third kappa shape index (κ3) is 13.0. The summed E-state index contributed by atoms with van der Waals surface area (Å²) in [6.07, 6.45) is -0.724. The highest BCUT2D eigenvalue weighted by Crippen LogP contribution is 2.25. The first-order valence-corrected chi connectivity index (χ1v) is 17.9. The average Bonchev–Trinajstić information content (AvgIpc) is 3.57. The number of benzene rings is 2. The van der Waals surface area contributed by atoms with Crippen LogP contribution >= 0.6 is 0 Å². The molecule has 15 heteroatoms. The number of hydrogen-bond acceptors (Lipinski definition) is 9. The molecule has 0 bridgehead atoms. The van der Waals surface area contributed by atoms with E-state index >= 15 is 0 Å². The molecule has 1 heterocycles. The molecule has 15 nitrogen and oxygen atoms in total. The van der Waals surface area contributed by atoms with E-state index in [2.05, 4.69) is 21.3 Å². The Morgan fingerprint density at radius 1 is 0.887 bits per heavy atom. The fraction of sp³-hybridized carbons (Fsp3) is 0.500. The quantitative estimate of drug-likeness (QED) is 0.133. The predicted octanol–water partition coefficient (Wildman–Crippen LogP) is 1.89. The number of alkyl carbamates (subject to hydrolysis) is 1. The van der Waals surface area contributed by atoms with E-state index in [1.165, 1.54) is 4.90 Å². The fourth-order valence-electron chi connectivity index (χ4n) is 5.71. The molecule has 0 saturated carbocycles. The second-order valence-corrected chi connectivity index (χ2v) is 13.7. The van der Waals surface area contributed by atoms with Crippen LogP contribution in [-0.2, 0) is 44.8 Å². The predicted molar refractivity (Wildman–Crippen MR) is 194 cm³/mol. The standard InChI is InChI=1S/C38H52N6O9/c1-6-13-28(33(46)36(49)40-19-30(45)42-32(34(39)47)26-16-11-8-12-17-26)41-35(48)29-18-27(52-22-25-14-9-7-10-15-25)20-44(29)37(50)31(24(4)5)43-38(51)53-21-23(2)3/h7-12,14-17,23-24,27-29,31-32H,6,13,18-22H2,1-5H3,(H2,39,47)(H,40,49)(H,41,48)(H,42,45)(H,43,51)/t27-,28?,29+,31?,32?/m1/s1. The van der Waals surface area contributed by atoms with Crippen molar-refractivity contribution in [2.75, 3.05) is 19.7 Å². The molecule has 0 aromatic heterocycles. The van der Waals surface area contributed by atoms with E-state index in [1.807, 2.05) is 44.2 Å². The van der Waals surface area contributed by atoms with Crippen molar-refractivity contribution in [3.63, 3.8) is 0 Å². The third-order valence-electron chi connectivity index (χ3n) is 8.50. The SMILES string of the molecule is CCCC(NC(=O)[C@@H]1C[C@@H](OCc2ccccc2)CN1C(=O)C(NC(=O)OCC(C)C)C(C)C)C(=O)C(=O)NCC(=O)NC(C(N)=O)c1ccccc1. The molecular weight excluding hydrogens is 684 g/mol. The Bertz CT molecular complexity index is 1570. The van der Waals surface area contributed by atoms with Crippen LogP contribution in [0.15, 0.2) is 60.7 Å². The zero-order valence-corrected chi connectivity index (χ0v) is 31.0. The van der Waals surface area contributed by atoms with Gasteiger partial charge in [-0.1, -0.05) is 102 Å². The van der Waals surface area contributed by atoms with Crippen LogP contribution in [0.3, 0.4) is 0 Å². The lowest BCUT2D eigenvalue weighted by molar-refractivity contribution is -0.143. The Labute approximate surface area is 310 Å². The molecule has 1 saturated heterocycles. The summed E-state index contributed by atoms with van der Waals surface area (Å²) in [7, 11) is 0. The average molecular weight is 737 g/mol. The molecular formula is C38H52N6O9. The molecule has 288 valence electrons. The molecule has 2 aromatic rings. The van der Waals surface area contributed by atoms with E-state index in [-0.39, 0.29) is 44.4 Å². The lowest BCUT2D eigenvalue weighted by atomic mass is 10.0. The number of nitrogens with zero attached hydrogens (tertiary/aromatic N) is 1. The van der Waals surface area contributed by atoms with Crippen LogP contribution < -0.4 is 27.0 Å². The third-order valence-corrected chi connectivity index (χ3v) is 8.50. The van der Waals surface area contributed by atoms with Gasteiger partial charge in [-0.25, -0.2) is 4.79 Å². The van der Waals surface area contributed by atoms with Gasteiger partial charge in [0.1, 0.15) is 18.1 Å². The zero-order chi connectivity index (χ0) is 39.1. The number of carbonyl (C=O) groups excluding carboxylic acids is 7. The highest BCUT2D eigenvalue weighted by molar-refractivity contribution is 6.38. The first-order chi connectivity index (χ1) is 25.2. The van der Waals surface area contributed by atoms with Crippen LogP contribution in [0.25, 0.3) is 0 Å². The summed E-state index contributed by atoms with van der Waals surface area (Å²) < 4.78 is 11.4. The van der Waals surface area contributed by atoms with Gasteiger partial charge in [-0.15, -0.1) is 0 Å². The van der Waals surface area contributed by atoms with Gasteiger partial charge in [-0.2, -0.15) is 0 Å². The Morgan fingerprint density at radius 2 is 1.53 bits per heavy atom. The maximum absolute atomic E-state index is 14.0. The number of likely N-dealkylation sites (tertiary alicyclic amines) is 1. The molecule has 1 aliphatic heterocycles. The van der Waals surface area contributed by atoms with Crippen LogP contribution in [-0.4, -0.2) is 90.2 Å². The first-order valence-electron chi connectivity index (χ1n) is 17.9. The van der Waals surface area contributed by atoms with Gasteiger partial charge in [0.25, 0.3) is 5.91 Å². The van der Waals surface area contributed by atoms with Crippen molar-refractivity contribution in [3.8, 4) is 0 Å². The second kappa shape index (κ2) is 20.7. The first kappa shape index (κ1) is 42.1. The maximum atomic E-state index is 14.0. The van der Waals surface area contributed by atoms with E-state index in [4.69, 9.17) is 15.2 Å². The summed E-state index contributed by atoms with van der Waals surface area (Å²) in [5.41, 5.74) is 6.79. The van der Waals surface area contributed by atoms with E-state index in [0.717, 1.165) is 5.56 Å². The Kier molecular flexibility index (Phi) is 16.4. The zero-order valence-electron chi connectivity index (χ0n) is 31.0. The Morgan fingerprint density at radius 3 is 2.11 bits per heavy atom. The maximum Gasteiger partial charge on any atom is 0.407 e. The summed E-state index contributed by atoms with van der Waals surface area (Å²) >= 11 is 0. The number of hydrogen-bond donors (Lipinski definition) is 5. The van der Waals surface area contributed by atoms with Gasteiger partial charge in [-0.05, 0) is 29.4 Å². The molecule has 1 aliphatic rings. The summed E-state index contributed by atoms with van der Waals surface area (Å²) in [5.74, 6) is -5.20. The van der Waals surface area contributed by atoms with Crippen molar-refractivity contribution in [1.82, 2.24) is 26.2 Å². The Balaban J connectivity index is 1.73. The number of nitrogens with one attached hydrogen (secondary N) is 4. The minimum absolute atomic E-state index is 0.0347. The number of amides is 6. The van der Waals surface area contributed by atoms with E-state index < -0.39 is 78.2 Å². The molecule has 6 N–H and O–H groups in total. The van der Waals surface area contributed by atoms with E-state index in [0.29, 0.717) is 12.0 Å². The lowest BCUT2D eigenvalue weighted by Gasteiger charge is -2.31. The van der Waals surface area contributed by atoms with E-state index in [9.17, 15) is 33.6 Å². The second-order valence-electron chi connectivity index (χ2n) is 13.7. The minimum atomic E-state index is -1.27. The minimum Gasteiger partial charge on any atom is -0.449 e. The summed E-state index contributed by atoms with van der Waals surface area (Å²) in [6, 6.07) is 13.1. The van der Waals surface area contributed by atoms with E-state index in [1.54, 1.807) is 51.1 Å². The molecule has 5 atom stereocenters. The molecule has 0 spiro atoms. The number of Topliss-reactive ketones (excluding diaryl/α,β-unsaturated/α-hetero) is 1. The van der Waals surface area contributed by atoms with Gasteiger partial charge < -0.3 is 41.4 Å². The Hall–Kier alpha value is -5.31. The van der Waals surface area contributed by atoms with Crippen molar-refractivity contribution in [1.29, 1.82) is 0 Å². The van der Waals surface area contributed by atoms with Crippen LogP contribution in [0.5, 0.6) is 0 Å². The lowest BCUT2D eigenvalue weighted by Crippen LogP contribution is -2.57. The molecule has 0 radical (unpaired) electrons. The molecule has 6 amide bonds. The van der Waals surface area contributed by atoms with Crippen molar-refractivity contribution in [2.45, 2.75) is 90.8 Å². The molecule has 3 unspecified atom stereocenters. The molecule has 0 aliphatic carbocycles. The molecule has 3 rings (SSSR count). The van der Waals surface area contributed by atoms with Crippen LogP contribution in [0.4, 0.5) is 4.79 Å². The van der Waals surface area contributed by atoms with Gasteiger partial charge in [0.2, 0.25) is 29.4 Å². The topological polar surface area (TPSA) is 215 Å². The monoisotopic (exact) mass is 736 g/mol. The number of carbonyl (C=O) groups is 7. The number of ketones is 1. The number of nitrogens with two attached hydrogens (primary N) is 1. The van der Waals surface area contributed by atoms with Crippen molar-refractivity contribution < 1.29 is 43.0 Å². The molecule has 2 aromatic carbocycles. The van der Waals surface area contributed by atoms with Crippen LogP contribution in [0.2, 0.25) is 0 Å². The molecule has 1 fully saturated rings. The van der Waals surface area contributed by atoms with Gasteiger partial charge >= 0.3 is 6.09 Å². The van der Waals surface area contributed by atoms with Crippen molar-refractivity contribution in [3.05, 3.63) is 71.8 Å². The summed E-state index contributed by atoms with van der Waals surface area (Å²) in [4.78, 5) is 92.7. The van der Waals surface area contributed by atoms with Crippen LogP contribution in [0, 0.1) is 11.8 Å². The summed E-state index contributed by atoms with van der Waals surface area (Å²) in [6.45, 7) is 8.82. The highest BCUT2D eigenvalue weighted by atomic mass is 16.5. The largest absolute Gasteiger partial charge is 0.449 e. The van der Waals surface area contributed by atoms with Gasteiger partial charge in [0.15, 0.2) is 0 Å². The fourth-order valence-corrected chi connectivity index (χ4v) is 5.71. The van der Waals surface area contributed by atoms with Crippen molar-refractivity contribution in [2.24, 2.45) is 17.6 Å². The van der Waals surface area contributed by atoms with Gasteiger partial charge in [0, 0.05) is 13.0 Å². The number of ether oxygens (including phenoxy) is 2. The number of primary amides is 1. The smallest absolute Gasteiger partial charge is 0.407 e. The number of rotatable bonds is 19. The van der Waals surface area contributed by atoms with Gasteiger partial charge in [0.05, 0.1) is 31.9 Å². The highest BCUT2D eigenvalue weighted by Gasteiger charge is 2.44. The van der Waals surface area contributed by atoms with Gasteiger partial charge in [-0.3, -0.25) is 28.8 Å². The van der Waals surface area contributed by atoms with Crippen molar-refractivity contribution >= 4 is 41.4 Å². The van der Waals surface area contributed by atoms with Crippen LogP contribution in [0.1, 0.15) is 71.0 Å². The normalized spacial score (nSPS) is 17.0. The summed E-state index contributed by atoms with van der Waals surface area (Å²) in [5, 5.41) is 9.97. The molecule has 53 heavy (non-hydrogen) atoms.